The minimum atomic E-state index is -0.678. The topological polar surface area (TPSA) is 95.5 Å². The van der Waals surface area contributed by atoms with E-state index in [9.17, 15) is 14.9 Å². The molecule has 0 unspecified atom stereocenters. The molecule has 7 nitrogen and oxygen atoms in total. The fourth-order valence-corrected chi connectivity index (χ4v) is 2.27. The van der Waals surface area contributed by atoms with E-state index in [0.717, 1.165) is 0 Å². The molecule has 0 radical (unpaired) electrons. The average Bonchev–Trinajstić information content (AvgIpc) is 3.07. The number of nitrogens with zero attached hydrogens (tertiary/aromatic N) is 2. The Morgan fingerprint density at radius 3 is 2.46 bits per heavy atom. The fraction of sp³-hybridized carbons (Fsp3) is 0.0588. The predicted octanol–water partition coefficient (Wildman–Crippen LogP) is 3.70. The summed E-state index contributed by atoms with van der Waals surface area (Å²) in [5.74, 6) is -0.486. The zero-order valence-electron chi connectivity index (χ0n) is 12.6. The summed E-state index contributed by atoms with van der Waals surface area (Å²) in [5.41, 5.74) is 0.622. The number of rotatable bonds is 4. The molecule has 0 aliphatic carbocycles. The largest absolute Gasteiger partial charge is 0.464 e. The van der Waals surface area contributed by atoms with Gasteiger partial charge in [0.2, 0.25) is 5.89 Å². The average molecular weight is 324 g/mol. The van der Waals surface area contributed by atoms with E-state index < -0.39 is 10.9 Å². The van der Waals surface area contributed by atoms with Gasteiger partial charge in [0.15, 0.2) is 11.5 Å². The molecule has 24 heavy (non-hydrogen) atoms. The van der Waals surface area contributed by atoms with Crippen molar-refractivity contribution >= 4 is 11.7 Å². The van der Waals surface area contributed by atoms with E-state index in [-0.39, 0.29) is 28.6 Å². The van der Waals surface area contributed by atoms with Gasteiger partial charge in [-0.2, -0.15) is 0 Å². The van der Waals surface area contributed by atoms with Crippen molar-refractivity contribution in [2.45, 2.75) is 0 Å². The number of hydrogen-bond donors (Lipinski definition) is 0. The van der Waals surface area contributed by atoms with Gasteiger partial charge < -0.3 is 9.15 Å². The molecule has 1 aromatic heterocycles. The van der Waals surface area contributed by atoms with E-state index >= 15 is 0 Å². The summed E-state index contributed by atoms with van der Waals surface area (Å²) in [5, 5.41) is 11.2. The van der Waals surface area contributed by atoms with Crippen LogP contribution in [0.3, 0.4) is 0 Å². The lowest BCUT2D eigenvalue weighted by Crippen LogP contribution is -2.03. The highest BCUT2D eigenvalue weighted by atomic mass is 16.6. The van der Waals surface area contributed by atoms with Crippen LogP contribution in [0.4, 0.5) is 5.69 Å². The number of oxazole rings is 1. The lowest BCUT2D eigenvalue weighted by atomic mass is 10.1. The number of hydrogen-bond acceptors (Lipinski definition) is 6. The van der Waals surface area contributed by atoms with Crippen LogP contribution in [0.2, 0.25) is 0 Å². The van der Waals surface area contributed by atoms with E-state index in [1.54, 1.807) is 36.4 Å². The number of carbonyl (C=O) groups is 1. The van der Waals surface area contributed by atoms with E-state index in [1.165, 1.54) is 19.2 Å². The maximum Gasteiger partial charge on any atom is 0.360 e. The summed E-state index contributed by atoms with van der Waals surface area (Å²) >= 11 is 0. The fourth-order valence-electron chi connectivity index (χ4n) is 2.27. The van der Waals surface area contributed by atoms with Gasteiger partial charge in [0, 0.05) is 11.6 Å². The molecular weight excluding hydrogens is 312 g/mol. The van der Waals surface area contributed by atoms with Crippen molar-refractivity contribution in [2.24, 2.45) is 0 Å². The van der Waals surface area contributed by atoms with Gasteiger partial charge in [-0.15, -0.1) is 0 Å². The number of esters is 1. The molecule has 3 rings (SSSR count). The quantitative estimate of drug-likeness (QED) is 0.412. The number of nitro groups is 1. The Morgan fingerprint density at radius 2 is 1.79 bits per heavy atom. The molecule has 0 bridgehead atoms. The van der Waals surface area contributed by atoms with Crippen molar-refractivity contribution in [1.82, 2.24) is 4.98 Å². The summed E-state index contributed by atoms with van der Waals surface area (Å²) in [7, 11) is 1.23. The predicted molar refractivity (Wildman–Crippen MR) is 85.4 cm³/mol. The van der Waals surface area contributed by atoms with E-state index in [1.807, 2.05) is 6.07 Å². The molecule has 0 saturated carbocycles. The van der Waals surface area contributed by atoms with Crippen LogP contribution in [0.1, 0.15) is 10.5 Å². The molecule has 120 valence electrons. The van der Waals surface area contributed by atoms with Gasteiger partial charge in [0.25, 0.3) is 5.69 Å². The minimum absolute atomic E-state index is 0.0125. The number of methoxy groups -OCH3 is 1. The van der Waals surface area contributed by atoms with Gasteiger partial charge in [0.05, 0.1) is 12.0 Å². The molecular formula is C17H12N2O5. The number of nitro benzene ring substituents is 1. The number of ether oxygens (including phenoxy) is 1. The Bertz CT molecular complexity index is 902. The second kappa shape index (κ2) is 6.33. The molecule has 0 aliphatic rings. The molecule has 0 N–H and O–H groups in total. The third kappa shape index (κ3) is 2.74. The van der Waals surface area contributed by atoms with Crippen molar-refractivity contribution < 1.29 is 18.9 Å². The van der Waals surface area contributed by atoms with Crippen LogP contribution in [0.5, 0.6) is 0 Å². The summed E-state index contributed by atoms with van der Waals surface area (Å²) < 4.78 is 10.4. The van der Waals surface area contributed by atoms with Crippen LogP contribution < -0.4 is 0 Å². The summed E-state index contributed by atoms with van der Waals surface area (Å²) in [6, 6.07) is 14.9. The van der Waals surface area contributed by atoms with Gasteiger partial charge in [-0.1, -0.05) is 42.5 Å². The van der Waals surface area contributed by atoms with Gasteiger partial charge in [-0.05, 0) is 6.07 Å². The summed E-state index contributed by atoms with van der Waals surface area (Å²) in [4.78, 5) is 26.8. The molecule has 0 amide bonds. The molecule has 1 heterocycles. The zero-order valence-corrected chi connectivity index (χ0v) is 12.6. The highest BCUT2D eigenvalue weighted by Crippen LogP contribution is 2.34. The van der Waals surface area contributed by atoms with Gasteiger partial charge in [0.1, 0.15) is 5.56 Å². The van der Waals surface area contributed by atoms with Crippen molar-refractivity contribution in [3.05, 3.63) is 70.4 Å². The van der Waals surface area contributed by atoms with Crippen LogP contribution in [0.25, 0.3) is 22.8 Å². The number of carbonyl (C=O) groups excluding carboxylic acids is 1. The Labute approximate surface area is 136 Å². The minimum Gasteiger partial charge on any atom is -0.464 e. The first-order valence-electron chi connectivity index (χ1n) is 7.00. The van der Waals surface area contributed by atoms with Crippen molar-refractivity contribution in [3.63, 3.8) is 0 Å². The molecule has 2 aromatic carbocycles. The first kappa shape index (κ1) is 15.4. The Balaban J connectivity index is 2.20. The zero-order chi connectivity index (χ0) is 17.1. The van der Waals surface area contributed by atoms with Crippen LogP contribution >= 0.6 is 0 Å². The van der Waals surface area contributed by atoms with Crippen LogP contribution in [0.15, 0.2) is 59.0 Å². The van der Waals surface area contributed by atoms with E-state index in [0.29, 0.717) is 5.56 Å². The first-order valence-corrected chi connectivity index (χ1v) is 7.00. The normalized spacial score (nSPS) is 10.4. The van der Waals surface area contributed by atoms with Crippen molar-refractivity contribution in [3.8, 4) is 22.8 Å². The van der Waals surface area contributed by atoms with Crippen LogP contribution in [-0.4, -0.2) is 23.0 Å². The maximum absolute atomic E-state index is 12.0. The summed E-state index contributed by atoms with van der Waals surface area (Å²) in [6.07, 6.45) is 0. The van der Waals surface area contributed by atoms with Gasteiger partial charge >= 0.3 is 5.97 Å². The number of aromatic nitrogens is 1. The third-order valence-corrected chi connectivity index (χ3v) is 3.37. The SMILES string of the molecule is COC(=O)c1nc(-c2ccccc2[N+](=O)[O-])oc1-c1ccccc1. The smallest absolute Gasteiger partial charge is 0.360 e. The highest BCUT2D eigenvalue weighted by Gasteiger charge is 2.26. The first-order chi connectivity index (χ1) is 11.6. The molecule has 0 fully saturated rings. The van der Waals surface area contributed by atoms with Crippen molar-refractivity contribution in [1.29, 1.82) is 0 Å². The molecule has 0 aliphatic heterocycles. The summed E-state index contributed by atoms with van der Waals surface area (Å²) in [6.45, 7) is 0. The Morgan fingerprint density at radius 1 is 1.12 bits per heavy atom. The number of para-hydroxylation sites is 1. The monoisotopic (exact) mass is 324 g/mol. The van der Waals surface area contributed by atoms with Crippen LogP contribution in [0, 0.1) is 10.1 Å². The molecule has 0 spiro atoms. The van der Waals surface area contributed by atoms with Crippen molar-refractivity contribution in [2.75, 3.05) is 7.11 Å². The second-order valence-corrected chi connectivity index (χ2v) is 4.83. The Hall–Kier alpha value is -3.48. The third-order valence-electron chi connectivity index (χ3n) is 3.37. The van der Waals surface area contributed by atoms with E-state index in [4.69, 9.17) is 9.15 Å². The number of benzene rings is 2. The lowest BCUT2D eigenvalue weighted by Gasteiger charge is -1.99. The molecule has 0 atom stereocenters. The standard InChI is InChI=1S/C17H12N2O5/c1-23-17(20)14-15(11-7-3-2-4-8-11)24-16(18-14)12-9-5-6-10-13(12)19(21)22/h2-10H,1H3. The molecule has 7 heteroatoms. The van der Waals surface area contributed by atoms with Gasteiger partial charge in [-0.25, -0.2) is 9.78 Å². The van der Waals surface area contributed by atoms with Crippen LogP contribution in [-0.2, 0) is 4.74 Å². The van der Waals surface area contributed by atoms with Gasteiger partial charge in [-0.3, -0.25) is 10.1 Å². The highest BCUT2D eigenvalue weighted by molar-refractivity contribution is 5.94. The maximum atomic E-state index is 12.0. The molecule has 0 saturated heterocycles. The molecule has 3 aromatic rings. The second-order valence-electron chi connectivity index (χ2n) is 4.83. The van der Waals surface area contributed by atoms with E-state index in [2.05, 4.69) is 4.98 Å². The lowest BCUT2D eigenvalue weighted by molar-refractivity contribution is -0.384. The Kier molecular flexibility index (Phi) is 4.07.